The van der Waals surface area contributed by atoms with Crippen molar-refractivity contribution in [2.45, 2.75) is 58.2 Å². The van der Waals surface area contributed by atoms with E-state index in [-0.39, 0.29) is 18.7 Å². The van der Waals surface area contributed by atoms with Crippen molar-refractivity contribution >= 4 is 17.6 Å². The third-order valence-corrected chi connectivity index (χ3v) is 5.04. The summed E-state index contributed by atoms with van der Waals surface area (Å²) in [5.74, 6) is -3.14. The summed E-state index contributed by atoms with van der Waals surface area (Å²) in [5, 5.41) is 1.87. The summed E-state index contributed by atoms with van der Waals surface area (Å²) >= 11 is 0. The Balaban J connectivity index is 2.44. The molecule has 0 bridgehead atoms. The highest BCUT2D eigenvalue weighted by atomic mass is 19.4. The van der Waals surface area contributed by atoms with E-state index in [1.54, 1.807) is 31.2 Å². The van der Waals surface area contributed by atoms with Crippen LogP contribution in [-0.4, -0.2) is 40.8 Å². The van der Waals surface area contributed by atoms with Crippen LogP contribution in [0.1, 0.15) is 45.6 Å². The second kappa shape index (κ2) is 8.80. The number of unbranched alkanes of at least 4 members (excludes halogenated alkanes) is 1. The first kappa shape index (κ1) is 22.6. The first-order valence-electron chi connectivity index (χ1n) is 9.52. The lowest BCUT2D eigenvalue weighted by atomic mass is 9.86. The largest absolute Gasteiger partial charge is 0.425 e. The molecule has 0 spiro atoms. The number of nitrogens with zero attached hydrogens (tertiary/aromatic N) is 1. The molecular formula is C21H25F3N2O3. The second-order valence-electron chi connectivity index (χ2n) is 7.11. The first-order valence-corrected chi connectivity index (χ1v) is 9.52. The highest BCUT2D eigenvalue weighted by Crippen LogP contribution is 2.45. The van der Waals surface area contributed by atoms with Crippen LogP contribution in [0.15, 0.2) is 41.6 Å². The van der Waals surface area contributed by atoms with Crippen LogP contribution in [0.5, 0.6) is 0 Å². The van der Waals surface area contributed by atoms with Gasteiger partial charge in [-0.2, -0.15) is 13.2 Å². The number of carbonyl (C=O) groups excluding carboxylic acids is 3. The van der Waals surface area contributed by atoms with Crippen molar-refractivity contribution in [3.05, 3.63) is 47.2 Å². The van der Waals surface area contributed by atoms with Crippen LogP contribution < -0.4 is 5.32 Å². The molecule has 1 unspecified atom stereocenters. The highest BCUT2D eigenvalue weighted by molar-refractivity contribution is 6.12. The van der Waals surface area contributed by atoms with E-state index >= 15 is 0 Å². The van der Waals surface area contributed by atoms with Crippen LogP contribution in [-0.2, 0) is 20.8 Å². The molecule has 0 saturated carbocycles. The lowest BCUT2D eigenvalue weighted by molar-refractivity contribution is -0.194. The molecule has 1 heterocycles. The fourth-order valence-corrected chi connectivity index (χ4v) is 3.60. The number of Topliss-reactive ketones (excluding diaryl/α,β-unsaturated/α-hetero) is 1. The minimum Gasteiger partial charge on any atom is -0.330 e. The number of halogens is 3. The summed E-state index contributed by atoms with van der Waals surface area (Å²) in [6, 6.07) is 8.99. The molecule has 1 atom stereocenters. The Hall–Kier alpha value is -2.64. The summed E-state index contributed by atoms with van der Waals surface area (Å²) in [4.78, 5) is 38.4. The quantitative estimate of drug-likeness (QED) is 0.713. The van der Waals surface area contributed by atoms with Gasteiger partial charge in [-0.3, -0.25) is 14.4 Å². The van der Waals surface area contributed by atoms with Crippen molar-refractivity contribution in [2.24, 2.45) is 0 Å². The molecule has 0 aromatic heterocycles. The third kappa shape index (κ3) is 4.36. The van der Waals surface area contributed by atoms with Gasteiger partial charge < -0.3 is 10.2 Å². The maximum Gasteiger partial charge on any atom is 0.425 e. The van der Waals surface area contributed by atoms with E-state index in [0.29, 0.717) is 19.3 Å². The zero-order chi connectivity index (χ0) is 21.8. The van der Waals surface area contributed by atoms with Crippen molar-refractivity contribution in [1.29, 1.82) is 0 Å². The average Bonchev–Trinajstić information content (AvgIpc) is 2.86. The van der Waals surface area contributed by atoms with E-state index in [4.69, 9.17) is 0 Å². The zero-order valence-corrected chi connectivity index (χ0v) is 16.7. The maximum atomic E-state index is 14.2. The predicted octanol–water partition coefficient (Wildman–Crippen LogP) is 3.54. The monoisotopic (exact) mass is 410 g/mol. The Morgan fingerprint density at radius 1 is 1.17 bits per heavy atom. The van der Waals surface area contributed by atoms with Crippen molar-refractivity contribution in [1.82, 2.24) is 10.2 Å². The van der Waals surface area contributed by atoms with E-state index in [9.17, 15) is 27.6 Å². The number of carbonyl (C=O) groups is 3. The van der Waals surface area contributed by atoms with Gasteiger partial charge in [0.05, 0.1) is 5.57 Å². The molecule has 1 aliphatic heterocycles. The van der Waals surface area contributed by atoms with Gasteiger partial charge >= 0.3 is 6.18 Å². The van der Waals surface area contributed by atoms with Crippen LogP contribution in [0.2, 0.25) is 0 Å². The molecule has 2 rings (SSSR count). The molecule has 0 saturated heterocycles. The third-order valence-electron chi connectivity index (χ3n) is 5.04. The Bertz CT molecular complexity index is 818. The molecule has 0 fully saturated rings. The topological polar surface area (TPSA) is 66.5 Å². The first-order chi connectivity index (χ1) is 13.6. The smallest absolute Gasteiger partial charge is 0.330 e. The van der Waals surface area contributed by atoms with Crippen LogP contribution in [0, 0.1) is 0 Å². The molecule has 0 aliphatic carbocycles. The summed E-state index contributed by atoms with van der Waals surface area (Å²) in [7, 11) is 0. The van der Waals surface area contributed by atoms with Crippen LogP contribution in [0.3, 0.4) is 0 Å². The van der Waals surface area contributed by atoms with Crippen molar-refractivity contribution in [2.75, 3.05) is 6.54 Å². The van der Waals surface area contributed by atoms with Gasteiger partial charge in [-0.15, -0.1) is 0 Å². The van der Waals surface area contributed by atoms with Gasteiger partial charge in [0.2, 0.25) is 11.4 Å². The summed E-state index contributed by atoms with van der Waals surface area (Å²) < 4.78 is 42.7. The number of alkyl halides is 3. The molecule has 1 aromatic rings. The molecule has 158 valence electrons. The number of ketones is 1. The van der Waals surface area contributed by atoms with E-state index in [1.807, 2.05) is 11.4 Å². The number of rotatable bonds is 8. The van der Waals surface area contributed by atoms with Crippen LogP contribution in [0.4, 0.5) is 13.2 Å². The SMILES string of the molecule is CCCCC(=O)NC1(C(F)(F)F)C(=O)N(CCc2ccccc2)C(C)=C1C(C)=O. The van der Waals surface area contributed by atoms with Gasteiger partial charge in [-0.1, -0.05) is 43.7 Å². The Labute approximate surface area is 168 Å². The summed E-state index contributed by atoms with van der Waals surface area (Å²) in [6.07, 6.45) is -4.01. The Kier molecular flexibility index (Phi) is 6.87. The van der Waals surface area contributed by atoms with E-state index in [2.05, 4.69) is 0 Å². The molecule has 0 radical (unpaired) electrons. The summed E-state index contributed by atoms with van der Waals surface area (Å²) in [6.45, 7) is 4.05. The molecule has 8 heteroatoms. The molecule has 1 aliphatic rings. The number of amides is 2. The number of allylic oxidation sites excluding steroid dienone is 1. The van der Waals surface area contributed by atoms with E-state index in [1.165, 1.54) is 6.92 Å². The maximum absolute atomic E-state index is 14.2. The predicted molar refractivity (Wildman–Crippen MR) is 102 cm³/mol. The minimum absolute atomic E-state index is 0.0336. The number of hydrogen-bond acceptors (Lipinski definition) is 3. The second-order valence-corrected chi connectivity index (χ2v) is 7.11. The number of hydrogen-bond donors (Lipinski definition) is 1. The van der Waals surface area contributed by atoms with Gasteiger partial charge in [-0.25, -0.2) is 0 Å². The van der Waals surface area contributed by atoms with Gasteiger partial charge in [0.1, 0.15) is 0 Å². The molecule has 2 amide bonds. The normalized spacial score (nSPS) is 19.7. The molecular weight excluding hydrogens is 385 g/mol. The van der Waals surface area contributed by atoms with Crippen molar-refractivity contribution in [3.63, 3.8) is 0 Å². The average molecular weight is 410 g/mol. The number of benzene rings is 1. The zero-order valence-electron chi connectivity index (χ0n) is 16.7. The van der Waals surface area contributed by atoms with Gasteiger partial charge in [0.25, 0.3) is 5.91 Å². The van der Waals surface area contributed by atoms with Gasteiger partial charge in [-0.05, 0) is 32.3 Å². The van der Waals surface area contributed by atoms with E-state index in [0.717, 1.165) is 17.4 Å². The Morgan fingerprint density at radius 3 is 2.31 bits per heavy atom. The highest BCUT2D eigenvalue weighted by Gasteiger charge is 2.69. The van der Waals surface area contributed by atoms with Crippen molar-refractivity contribution in [3.8, 4) is 0 Å². The molecule has 1 aromatic carbocycles. The lowest BCUT2D eigenvalue weighted by Gasteiger charge is -2.33. The number of nitrogens with one attached hydrogen (secondary N) is 1. The van der Waals surface area contributed by atoms with Crippen LogP contribution >= 0.6 is 0 Å². The fourth-order valence-electron chi connectivity index (χ4n) is 3.60. The fraction of sp³-hybridized carbons (Fsp3) is 0.476. The van der Waals surface area contributed by atoms with Crippen molar-refractivity contribution < 1.29 is 27.6 Å². The van der Waals surface area contributed by atoms with Crippen LogP contribution in [0.25, 0.3) is 0 Å². The van der Waals surface area contributed by atoms with E-state index < -0.39 is 34.9 Å². The molecule has 5 nitrogen and oxygen atoms in total. The summed E-state index contributed by atoms with van der Waals surface area (Å²) in [5.41, 5.74) is -3.29. The van der Waals surface area contributed by atoms with Gasteiger partial charge in [0.15, 0.2) is 5.78 Å². The minimum atomic E-state index is -5.16. The molecule has 29 heavy (non-hydrogen) atoms. The lowest BCUT2D eigenvalue weighted by Crippen LogP contribution is -2.66. The van der Waals surface area contributed by atoms with Gasteiger partial charge in [0, 0.05) is 18.7 Å². The Morgan fingerprint density at radius 2 is 1.79 bits per heavy atom. The molecule has 1 N–H and O–H groups in total. The standard InChI is InChI=1S/C21H25F3N2O3/c1-4-5-11-17(28)25-20(21(22,23)24)18(15(3)27)14(2)26(19(20)29)13-12-16-9-7-6-8-10-16/h6-10H,4-5,11-13H2,1-3H3,(H,25,28).